The number of benzene rings is 1. The molecule has 22 heavy (non-hydrogen) atoms. The van der Waals surface area contributed by atoms with E-state index in [0.717, 1.165) is 0 Å². The van der Waals surface area contributed by atoms with E-state index in [1.807, 2.05) is 17.9 Å². The van der Waals surface area contributed by atoms with E-state index >= 15 is 0 Å². The van der Waals surface area contributed by atoms with Crippen molar-refractivity contribution in [2.45, 2.75) is 26.1 Å². The van der Waals surface area contributed by atoms with Crippen molar-refractivity contribution in [2.75, 3.05) is 18.1 Å². The average molecular weight is 322 g/mol. The lowest BCUT2D eigenvalue weighted by atomic mass is 10.2. The molecule has 1 aliphatic heterocycles. The van der Waals surface area contributed by atoms with Crippen LogP contribution in [0.3, 0.4) is 0 Å². The summed E-state index contributed by atoms with van der Waals surface area (Å²) in [4.78, 5) is 14.4. The molecular formula is C14H18N4O3S. The standard InChI is InChI=1S/C14H18N4O3S/c1-2-17(11-7-8-22(20,21)9-11)10-18-14(19)12-5-3-4-6-13(12)15-16-18/h3-6,11H,2,7-10H2,1H3/t11-/m1/s1. The number of fused-ring (bicyclic) bond motifs is 1. The summed E-state index contributed by atoms with van der Waals surface area (Å²) < 4.78 is 24.6. The molecule has 0 aliphatic carbocycles. The van der Waals surface area contributed by atoms with Crippen LogP contribution in [0.25, 0.3) is 10.9 Å². The number of sulfone groups is 1. The van der Waals surface area contributed by atoms with E-state index in [1.165, 1.54) is 4.68 Å². The topological polar surface area (TPSA) is 85.2 Å². The molecular weight excluding hydrogens is 304 g/mol. The van der Waals surface area contributed by atoms with E-state index in [9.17, 15) is 13.2 Å². The maximum atomic E-state index is 12.4. The second-order valence-corrected chi connectivity index (χ2v) is 7.74. The Morgan fingerprint density at radius 2 is 2.14 bits per heavy atom. The number of aromatic nitrogens is 3. The van der Waals surface area contributed by atoms with Gasteiger partial charge in [0.15, 0.2) is 9.84 Å². The minimum absolute atomic E-state index is 0.0600. The van der Waals surface area contributed by atoms with Crippen LogP contribution in [0, 0.1) is 0 Å². The van der Waals surface area contributed by atoms with Gasteiger partial charge in [0.2, 0.25) is 0 Å². The fraction of sp³-hybridized carbons (Fsp3) is 0.500. The Balaban J connectivity index is 1.88. The minimum Gasteiger partial charge on any atom is -0.280 e. The van der Waals surface area contributed by atoms with Gasteiger partial charge >= 0.3 is 0 Å². The summed E-state index contributed by atoms with van der Waals surface area (Å²) in [6, 6.07) is 7.00. The quantitative estimate of drug-likeness (QED) is 0.802. The molecule has 1 atom stereocenters. The molecule has 0 bridgehead atoms. The second kappa shape index (κ2) is 5.77. The number of rotatable bonds is 4. The van der Waals surface area contributed by atoms with Crippen LogP contribution in [0.5, 0.6) is 0 Å². The van der Waals surface area contributed by atoms with E-state index in [4.69, 9.17) is 0 Å². The van der Waals surface area contributed by atoms with Crippen molar-refractivity contribution in [3.63, 3.8) is 0 Å². The van der Waals surface area contributed by atoms with Gasteiger partial charge < -0.3 is 0 Å². The molecule has 8 heteroatoms. The zero-order valence-corrected chi connectivity index (χ0v) is 13.2. The Morgan fingerprint density at radius 1 is 1.36 bits per heavy atom. The normalized spacial score (nSPS) is 20.7. The van der Waals surface area contributed by atoms with Gasteiger partial charge in [0.1, 0.15) is 5.52 Å². The molecule has 7 nitrogen and oxygen atoms in total. The first kappa shape index (κ1) is 15.1. The molecule has 2 heterocycles. The Hall–Kier alpha value is -1.80. The van der Waals surface area contributed by atoms with E-state index in [0.29, 0.717) is 23.9 Å². The highest BCUT2D eigenvalue weighted by Crippen LogP contribution is 2.17. The third-order valence-electron chi connectivity index (χ3n) is 4.08. The number of hydrogen-bond donors (Lipinski definition) is 0. The van der Waals surface area contributed by atoms with E-state index in [2.05, 4.69) is 10.3 Å². The van der Waals surface area contributed by atoms with Crippen molar-refractivity contribution in [3.8, 4) is 0 Å². The van der Waals surface area contributed by atoms with Gasteiger partial charge in [-0.15, -0.1) is 5.10 Å². The Bertz CT molecular complexity index is 847. The molecule has 2 aromatic rings. The lowest BCUT2D eigenvalue weighted by Crippen LogP contribution is -2.41. The fourth-order valence-electron chi connectivity index (χ4n) is 2.83. The molecule has 0 N–H and O–H groups in total. The SMILES string of the molecule is CCN(Cn1nnc2ccccc2c1=O)[C@@H]1CCS(=O)(=O)C1. The first-order valence-corrected chi connectivity index (χ1v) is 9.09. The fourth-order valence-corrected chi connectivity index (χ4v) is 4.59. The number of nitrogens with zero attached hydrogens (tertiary/aromatic N) is 4. The Morgan fingerprint density at radius 3 is 2.82 bits per heavy atom. The molecule has 0 radical (unpaired) electrons. The van der Waals surface area contributed by atoms with Crippen molar-refractivity contribution in [1.29, 1.82) is 0 Å². The molecule has 1 saturated heterocycles. The monoisotopic (exact) mass is 322 g/mol. The predicted molar refractivity (Wildman–Crippen MR) is 83.2 cm³/mol. The molecule has 0 amide bonds. The molecule has 3 rings (SSSR count). The average Bonchev–Trinajstić information content (AvgIpc) is 2.87. The highest BCUT2D eigenvalue weighted by Gasteiger charge is 2.31. The van der Waals surface area contributed by atoms with Gasteiger partial charge in [0.05, 0.1) is 23.6 Å². The zero-order valence-electron chi connectivity index (χ0n) is 12.3. The minimum atomic E-state index is -2.95. The summed E-state index contributed by atoms with van der Waals surface area (Å²) in [5.41, 5.74) is 0.361. The first-order valence-electron chi connectivity index (χ1n) is 7.27. The zero-order chi connectivity index (χ0) is 15.7. The highest BCUT2D eigenvalue weighted by atomic mass is 32.2. The molecule has 1 fully saturated rings. The van der Waals surface area contributed by atoms with E-state index in [-0.39, 0.29) is 29.8 Å². The summed E-state index contributed by atoms with van der Waals surface area (Å²) in [7, 11) is -2.95. The second-order valence-electron chi connectivity index (χ2n) is 5.51. The molecule has 1 aromatic heterocycles. The maximum Gasteiger partial charge on any atom is 0.278 e. The Labute approximate surface area is 128 Å². The van der Waals surface area contributed by atoms with Crippen LogP contribution in [0.4, 0.5) is 0 Å². The smallest absolute Gasteiger partial charge is 0.278 e. The molecule has 0 saturated carbocycles. The van der Waals surface area contributed by atoms with Crippen LogP contribution in [0.2, 0.25) is 0 Å². The van der Waals surface area contributed by atoms with Crippen LogP contribution in [0.1, 0.15) is 13.3 Å². The van der Waals surface area contributed by atoms with Crippen LogP contribution in [-0.4, -0.2) is 52.4 Å². The lowest BCUT2D eigenvalue weighted by Gasteiger charge is -2.26. The molecule has 0 unspecified atom stereocenters. The highest BCUT2D eigenvalue weighted by molar-refractivity contribution is 7.91. The van der Waals surface area contributed by atoms with Gasteiger partial charge in [-0.05, 0) is 25.1 Å². The molecule has 1 aromatic carbocycles. The maximum absolute atomic E-state index is 12.4. The van der Waals surface area contributed by atoms with Crippen molar-refractivity contribution in [1.82, 2.24) is 19.9 Å². The third kappa shape index (κ3) is 2.89. The van der Waals surface area contributed by atoms with Crippen LogP contribution in [-0.2, 0) is 16.5 Å². The summed E-state index contributed by atoms with van der Waals surface area (Å²) in [5.74, 6) is 0.364. The third-order valence-corrected chi connectivity index (χ3v) is 5.83. The largest absolute Gasteiger partial charge is 0.280 e. The Kier molecular flexibility index (Phi) is 3.96. The van der Waals surface area contributed by atoms with Gasteiger partial charge in [0, 0.05) is 6.04 Å². The van der Waals surface area contributed by atoms with Crippen molar-refractivity contribution in [2.24, 2.45) is 0 Å². The first-order chi connectivity index (χ1) is 10.5. The van der Waals surface area contributed by atoms with Crippen molar-refractivity contribution in [3.05, 3.63) is 34.6 Å². The van der Waals surface area contributed by atoms with Crippen LogP contribution in [0.15, 0.2) is 29.1 Å². The molecule has 118 valence electrons. The van der Waals surface area contributed by atoms with Gasteiger partial charge in [-0.3, -0.25) is 9.69 Å². The molecule has 0 spiro atoms. The van der Waals surface area contributed by atoms with Crippen LogP contribution < -0.4 is 5.56 Å². The summed E-state index contributed by atoms with van der Waals surface area (Å²) in [6.07, 6.45) is 0.603. The lowest BCUT2D eigenvalue weighted by molar-refractivity contribution is 0.159. The van der Waals surface area contributed by atoms with Crippen molar-refractivity contribution < 1.29 is 8.42 Å². The van der Waals surface area contributed by atoms with Gasteiger partial charge in [-0.25, -0.2) is 8.42 Å². The molecule has 1 aliphatic rings. The van der Waals surface area contributed by atoms with Gasteiger partial charge in [-0.1, -0.05) is 24.3 Å². The summed E-state index contributed by atoms with van der Waals surface area (Å²) in [5, 5.41) is 8.54. The van der Waals surface area contributed by atoms with Crippen LogP contribution >= 0.6 is 0 Å². The number of hydrogen-bond acceptors (Lipinski definition) is 6. The van der Waals surface area contributed by atoms with E-state index < -0.39 is 9.84 Å². The summed E-state index contributed by atoms with van der Waals surface area (Å²) in [6.45, 7) is 2.86. The van der Waals surface area contributed by atoms with Gasteiger partial charge in [0.25, 0.3) is 5.56 Å². The van der Waals surface area contributed by atoms with E-state index in [1.54, 1.807) is 18.2 Å². The van der Waals surface area contributed by atoms with Crippen molar-refractivity contribution >= 4 is 20.7 Å². The predicted octanol–water partition coefficient (Wildman–Crippen LogP) is 0.258. The summed E-state index contributed by atoms with van der Waals surface area (Å²) >= 11 is 0. The van der Waals surface area contributed by atoms with Gasteiger partial charge in [-0.2, -0.15) is 4.68 Å².